The number of aromatic carboxylic acids is 1. The number of carboxylic acids is 2. The highest BCUT2D eigenvalue weighted by Gasteiger charge is 2.36. The average molecular weight is 278 g/mol. The molecule has 0 spiro atoms. The molecule has 7 heteroatoms. The quantitative estimate of drug-likeness (QED) is 0.842. The molecule has 1 amide bonds. The van der Waals surface area contributed by atoms with Crippen LogP contribution in [0.15, 0.2) is 18.2 Å². The molecule has 106 valence electrons. The Morgan fingerprint density at radius 1 is 1.20 bits per heavy atom. The van der Waals surface area contributed by atoms with Crippen molar-refractivity contribution in [3.8, 4) is 0 Å². The normalized spacial score (nSPS) is 17.9. The van der Waals surface area contributed by atoms with Gasteiger partial charge in [-0.25, -0.2) is 4.79 Å². The Kier molecular flexibility index (Phi) is 3.35. The van der Waals surface area contributed by atoms with E-state index >= 15 is 0 Å². The molecule has 1 heterocycles. The fourth-order valence-corrected chi connectivity index (χ4v) is 2.29. The van der Waals surface area contributed by atoms with Crippen LogP contribution in [0.5, 0.6) is 0 Å². The highest BCUT2D eigenvalue weighted by atomic mass is 16.4. The van der Waals surface area contributed by atoms with Crippen LogP contribution in [0.25, 0.3) is 0 Å². The van der Waals surface area contributed by atoms with Gasteiger partial charge in [-0.2, -0.15) is 0 Å². The Morgan fingerprint density at radius 3 is 2.40 bits per heavy atom. The van der Waals surface area contributed by atoms with Crippen molar-refractivity contribution in [1.82, 2.24) is 0 Å². The smallest absolute Gasteiger partial charge is 0.335 e. The minimum absolute atomic E-state index is 0.0773. The summed E-state index contributed by atoms with van der Waals surface area (Å²) in [7, 11) is 3.13. The fraction of sp³-hybridized carbons (Fsp3) is 0.308. The van der Waals surface area contributed by atoms with E-state index in [1.165, 1.54) is 24.1 Å². The first-order chi connectivity index (χ1) is 9.32. The second-order valence-electron chi connectivity index (χ2n) is 4.63. The van der Waals surface area contributed by atoms with Gasteiger partial charge < -0.3 is 20.0 Å². The number of fused-ring (bicyclic) bond motifs is 1. The van der Waals surface area contributed by atoms with E-state index in [1.54, 1.807) is 18.0 Å². The number of rotatable bonds is 3. The van der Waals surface area contributed by atoms with Crippen molar-refractivity contribution < 1.29 is 24.6 Å². The third-order valence-electron chi connectivity index (χ3n) is 3.41. The van der Waals surface area contributed by atoms with Crippen molar-refractivity contribution in [2.45, 2.75) is 12.5 Å². The Labute approximate surface area is 115 Å². The zero-order valence-electron chi connectivity index (χ0n) is 11.0. The van der Waals surface area contributed by atoms with Crippen molar-refractivity contribution in [1.29, 1.82) is 0 Å². The number of nitrogens with zero attached hydrogens (tertiary/aromatic N) is 2. The van der Waals surface area contributed by atoms with Crippen LogP contribution >= 0.6 is 0 Å². The van der Waals surface area contributed by atoms with Crippen LogP contribution in [0.1, 0.15) is 16.8 Å². The molecule has 1 aromatic carbocycles. The summed E-state index contributed by atoms with van der Waals surface area (Å²) in [4.78, 5) is 36.9. The summed E-state index contributed by atoms with van der Waals surface area (Å²) in [5.41, 5.74) is 1.16. The molecule has 0 bridgehead atoms. The summed E-state index contributed by atoms with van der Waals surface area (Å²) in [6, 6.07) is 3.62. The van der Waals surface area contributed by atoms with Crippen molar-refractivity contribution in [2.75, 3.05) is 23.9 Å². The molecule has 2 N–H and O–H groups in total. The van der Waals surface area contributed by atoms with Crippen LogP contribution < -0.4 is 9.80 Å². The number of hydrogen-bond donors (Lipinski definition) is 2. The monoisotopic (exact) mass is 278 g/mol. The lowest BCUT2D eigenvalue weighted by molar-refractivity contribution is -0.139. The summed E-state index contributed by atoms with van der Waals surface area (Å²) < 4.78 is 0. The molecule has 1 atom stereocenters. The standard InChI is InChI=1S/C13H14N2O5/c1-14-8-4-3-7(13(19)20)5-9(8)15(2)12(18)10(14)6-11(16)17/h3-5,10H,6H2,1-2H3,(H,16,17)(H,19,20). The number of amides is 1. The lowest BCUT2D eigenvalue weighted by Crippen LogP contribution is -2.51. The van der Waals surface area contributed by atoms with Crippen LogP contribution in [0.3, 0.4) is 0 Å². The molecule has 0 radical (unpaired) electrons. The first kappa shape index (κ1) is 13.9. The molecule has 0 aromatic heterocycles. The molecule has 0 aliphatic carbocycles. The predicted molar refractivity (Wildman–Crippen MR) is 71.3 cm³/mol. The number of carbonyl (C=O) groups excluding carboxylic acids is 1. The SMILES string of the molecule is CN1C(=O)C(CC(=O)O)N(C)c2ccc(C(=O)O)cc21. The van der Waals surface area contributed by atoms with Gasteiger partial charge in [0.15, 0.2) is 0 Å². The largest absolute Gasteiger partial charge is 0.481 e. The number of anilines is 2. The Balaban J connectivity index is 2.48. The fourth-order valence-electron chi connectivity index (χ4n) is 2.29. The van der Waals surface area contributed by atoms with Crippen LogP contribution in [-0.2, 0) is 9.59 Å². The van der Waals surface area contributed by atoms with E-state index in [-0.39, 0.29) is 17.9 Å². The summed E-state index contributed by atoms with van der Waals surface area (Å²) in [6.07, 6.45) is -0.306. The number of likely N-dealkylation sites (N-methyl/N-ethyl adjacent to an activating group) is 2. The van der Waals surface area contributed by atoms with Crippen LogP contribution in [0, 0.1) is 0 Å². The molecule has 20 heavy (non-hydrogen) atoms. The van der Waals surface area contributed by atoms with Gasteiger partial charge in [0.1, 0.15) is 6.04 Å². The van der Waals surface area contributed by atoms with Crippen molar-refractivity contribution in [3.63, 3.8) is 0 Å². The van der Waals surface area contributed by atoms with Gasteiger partial charge in [-0.15, -0.1) is 0 Å². The molecular formula is C13H14N2O5. The molecule has 0 saturated carbocycles. The first-order valence-corrected chi connectivity index (χ1v) is 5.92. The molecule has 0 fully saturated rings. The van der Waals surface area contributed by atoms with E-state index in [1.807, 2.05) is 0 Å². The topological polar surface area (TPSA) is 98.2 Å². The maximum absolute atomic E-state index is 12.2. The Morgan fingerprint density at radius 2 is 1.85 bits per heavy atom. The second-order valence-corrected chi connectivity index (χ2v) is 4.63. The molecule has 2 rings (SSSR count). The van der Waals surface area contributed by atoms with E-state index in [0.29, 0.717) is 11.4 Å². The molecule has 0 saturated heterocycles. The molecule has 1 aliphatic heterocycles. The minimum Gasteiger partial charge on any atom is -0.481 e. The molecule has 1 aliphatic rings. The number of carbonyl (C=O) groups is 3. The maximum Gasteiger partial charge on any atom is 0.335 e. The van der Waals surface area contributed by atoms with Crippen molar-refractivity contribution >= 4 is 29.2 Å². The zero-order chi connectivity index (χ0) is 15.0. The third-order valence-corrected chi connectivity index (χ3v) is 3.41. The first-order valence-electron chi connectivity index (χ1n) is 5.92. The van der Waals surface area contributed by atoms with E-state index in [2.05, 4.69) is 0 Å². The van der Waals surface area contributed by atoms with Crippen molar-refractivity contribution in [3.05, 3.63) is 23.8 Å². The number of hydrogen-bond acceptors (Lipinski definition) is 4. The average Bonchev–Trinajstić information content (AvgIpc) is 2.40. The number of aliphatic carboxylic acids is 1. The summed E-state index contributed by atoms with van der Waals surface area (Å²) in [6.45, 7) is 0. The zero-order valence-corrected chi connectivity index (χ0v) is 11.0. The van der Waals surface area contributed by atoms with E-state index < -0.39 is 18.0 Å². The van der Waals surface area contributed by atoms with E-state index in [0.717, 1.165) is 0 Å². The highest BCUT2D eigenvalue weighted by molar-refractivity contribution is 6.07. The maximum atomic E-state index is 12.2. The summed E-state index contributed by atoms with van der Waals surface area (Å²) in [5, 5.41) is 17.9. The van der Waals surface area contributed by atoms with Crippen LogP contribution in [0.4, 0.5) is 11.4 Å². The minimum atomic E-state index is -1.08. The lowest BCUT2D eigenvalue weighted by atomic mass is 10.0. The Bertz CT molecular complexity index is 598. The molecule has 1 unspecified atom stereocenters. The highest BCUT2D eigenvalue weighted by Crippen LogP contribution is 2.35. The third kappa shape index (κ3) is 2.18. The lowest BCUT2D eigenvalue weighted by Gasteiger charge is -2.39. The number of carboxylic acid groups (broad SMARTS) is 2. The molecular weight excluding hydrogens is 264 g/mol. The molecule has 7 nitrogen and oxygen atoms in total. The van der Waals surface area contributed by atoms with Gasteiger partial charge in [-0.3, -0.25) is 9.59 Å². The van der Waals surface area contributed by atoms with E-state index in [9.17, 15) is 14.4 Å². The van der Waals surface area contributed by atoms with Gasteiger partial charge in [-0.1, -0.05) is 0 Å². The van der Waals surface area contributed by atoms with Gasteiger partial charge in [0, 0.05) is 14.1 Å². The van der Waals surface area contributed by atoms with Gasteiger partial charge in [0.05, 0.1) is 23.4 Å². The van der Waals surface area contributed by atoms with Crippen LogP contribution in [-0.4, -0.2) is 48.2 Å². The predicted octanol–water partition coefficient (Wildman–Crippen LogP) is 0.641. The van der Waals surface area contributed by atoms with Gasteiger partial charge >= 0.3 is 11.9 Å². The summed E-state index contributed by atoms with van der Waals surface area (Å²) >= 11 is 0. The van der Waals surface area contributed by atoms with Gasteiger partial charge in [0.25, 0.3) is 0 Å². The van der Waals surface area contributed by atoms with Gasteiger partial charge in [-0.05, 0) is 18.2 Å². The van der Waals surface area contributed by atoms with Crippen LogP contribution in [0.2, 0.25) is 0 Å². The van der Waals surface area contributed by atoms with Gasteiger partial charge in [0.2, 0.25) is 5.91 Å². The second kappa shape index (κ2) is 4.84. The number of benzene rings is 1. The van der Waals surface area contributed by atoms with E-state index in [4.69, 9.17) is 10.2 Å². The summed E-state index contributed by atoms with van der Waals surface area (Å²) in [5.74, 6) is -2.51. The molecule has 1 aromatic rings. The Hall–Kier alpha value is -2.57. The van der Waals surface area contributed by atoms with Crippen molar-refractivity contribution in [2.24, 2.45) is 0 Å².